The van der Waals surface area contributed by atoms with Crippen molar-refractivity contribution in [3.05, 3.63) is 28.8 Å². The third-order valence-electron chi connectivity index (χ3n) is 4.47. The van der Waals surface area contributed by atoms with E-state index in [1.54, 1.807) is 4.90 Å². The molecule has 0 unspecified atom stereocenters. The summed E-state index contributed by atoms with van der Waals surface area (Å²) >= 11 is 5.97. The van der Waals surface area contributed by atoms with Gasteiger partial charge in [-0.15, -0.1) is 0 Å². The van der Waals surface area contributed by atoms with Crippen LogP contribution in [0.2, 0.25) is 5.02 Å². The second-order valence-electron chi connectivity index (χ2n) is 7.25. The van der Waals surface area contributed by atoms with Gasteiger partial charge in [-0.05, 0) is 36.5 Å². The Morgan fingerprint density at radius 2 is 1.81 bits per heavy atom. The Labute approximate surface area is 165 Å². The van der Waals surface area contributed by atoms with Crippen LogP contribution < -0.4 is 0 Å². The summed E-state index contributed by atoms with van der Waals surface area (Å²) < 4.78 is 30.7. The van der Waals surface area contributed by atoms with Crippen molar-refractivity contribution >= 4 is 33.5 Å². The van der Waals surface area contributed by atoms with Crippen LogP contribution in [0.25, 0.3) is 0 Å². The summed E-state index contributed by atoms with van der Waals surface area (Å²) in [6, 6.07) is 3.86. The molecule has 1 fully saturated rings. The Balaban J connectivity index is 2.07. The second-order valence-corrected chi connectivity index (χ2v) is 9.78. The van der Waals surface area contributed by atoms with Crippen LogP contribution in [0.1, 0.15) is 30.6 Å². The summed E-state index contributed by atoms with van der Waals surface area (Å²) in [5.74, 6) is -0.211. The fourth-order valence-corrected chi connectivity index (χ4v) is 4.59. The third kappa shape index (κ3) is 5.21. The zero-order chi connectivity index (χ0) is 20.4. The van der Waals surface area contributed by atoms with E-state index in [4.69, 9.17) is 16.3 Å². The molecule has 0 bridgehead atoms. The first-order valence-electron chi connectivity index (χ1n) is 8.69. The predicted octanol–water partition coefficient (Wildman–Crippen LogP) is 2.25. The lowest BCUT2D eigenvalue weighted by Crippen LogP contribution is -2.44. The molecule has 0 radical (unpaired) electrons. The molecule has 2 rings (SSSR count). The van der Waals surface area contributed by atoms with E-state index < -0.39 is 16.0 Å². The van der Waals surface area contributed by atoms with Crippen molar-refractivity contribution in [1.29, 1.82) is 0 Å². The van der Waals surface area contributed by atoms with Gasteiger partial charge in [0.2, 0.25) is 10.0 Å². The Morgan fingerprint density at radius 1 is 1.22 bits per heavy atom. The predicted molar refractivity (Wildman–Crippen MR) is 102 cm³/mol. The highest BCUT2D eigenvalue weighted by Crippen LogP contribution is 2.25. The Bertz CT molecular complexity index is 815. The van der Waals surface area contributed by atoms with Crippen LogP contribution in [-0.2, 0) is 19.6 Å². The highest BCUT2D eigenvalue weighted by molar-refractivity contribution is 7.89. The van der Waals surface area contributed by atoms with E-state index in [0.29, 0.717) is 24.9 Å². The highest BCUT2D eigenvalue weighted by atomic mass is 35.5. The number of sulfonamides is 1. The monoisotopic (exact) mass is 416 g/mol. The lowest BCUT2D eigenvalue weighted by molar-refractivity contribution is -0.137. The van der Waals surface area contributed by atoms with Crippen molar-refractivity contribution in [3.8, 4) is 0 Å². The largest absolute Gasteiger partial charge is 0.452 e. The van der Waals surface area contributed by atoms with E-state index in [-0.39, 0.29) is 28.0 Å². The number of hydrogen-bond acceptors (Lipinski definition) is 5. The summed E-state index contributed by atoms with van der Waals surface area (Å²) in [4.78, 5) is 26.1. The second kappa shape index (κ2) is 8.58. The van der Waals surface area contributed by atoms with Crippen molar-refractivity contribution in [3.63, 3.8) is 0 Å². The van der Waals surface area contributed by atoms with Crippen LogP contribution >= 0.6 is 11.6 Å². The molecule has 1 saturated heterocycles. The lowest BCUT2D eigenvalue weighted by atomic mass is 9.92. The maximum atomic E-state index is 12.3. The van der Waals surface area contributed by atoms with Gasteiger partial charge in [0.25, 0.3) is 5.91 Å². The summed E-state index contributed by atoms with van der Waals surface area (Å²) in [7, 11) is -1.06. The van der Waals surface area contributed by atoms with Gasteiger partial charge in [0.15, 0.2) is 6.61 Å². The van der Waals surface area contributed by atoms with Crippen LogP contribution in [-0.4, -0.2) is 63.3 Å². The number of likely N-dealkylation sites (tertiary alicyclic amines) is 1. The Hall–Kier alpha value is -1.64. The number of halogens is 1. The van der Waals surface area contributed by atoms with Crippen LogP contribution in [0.4, 0.5) is 0 Å². The van der Waals surface area contributed by atoms with E-state index >= 15 is 0 Å². The van der Waals surface area contributed by atoms with E-state index in [2.05, 4.69) is 13.8 Å². The van der Waals surface area contributed by atoms with Crippen molar-refractivity contribution in [2.24, 2.45) is 11.8 Å². The van der Waals surface area contributed by atoms with E-state index in [1.165, 1.54) is 26.2 Å². The quantitative estimate of drug-likeness (QED) is 0.687. The van der Waals surface area contributed by atoms with Gasteiger partial charge in [0.05, 0.1) is 10.6 Å². The van der Waals surface area contributed by atoms with E-state index in [0.717, 1.165) is 16.8 Å². The van der Waals surface area contributed by atoms with Gasteiger partial charge in [-0.25, -0.2) is 17.5 Å². The zero-order valence-corrected chi connectivity index (χ0v) is 17.5. The SMILES string of the molecule is C[C@H]1C[C@H](C)CN(C(=O)COC(=O)c2ccc(Cl)c(S(=O)(=O)N(C)C)c2)C1. The first kappa shape index (κ1) is 21.7. The van der Waals surface area contributed by atoms with Crippen molar-refractivity contribution < 1.29 is 22.7 Å². The average Bonchev–Trinajstić information content (AvgIpc) is 2.58. The van der Waals surface area contributed by atoms with Crippen LogP contribution in [0.3, 0.4) is 0 Å². The number of hydrogen-bond donors (Lipinski definition) is 0. The molecule has 1 aliphatic heterocycles. The summed E-state index contributed by atoms with van der Waals surface area (Å²) in [6.45, 7) is 5.08. The minimum absolute atomic E-state index is 0.00705. The molecule has 0 saturated carbocycles. The van der Waals surface area contributed by atoms with Gasteiger partial charge < -0.3 is 9.64 Å². The fourth-order valence-electron chi connectivity index (χ4n) is 3.19. The maximum Gasteiger partial charge on any atom is 0.338 e. The molecule has 0 N–H and O–H groups in total. The minimum atomic E-state index is -3.81. The molecule has 1 amide bonds. The molecule has 2 atom stereocenters. The number of esters is 1. The van der Waals surface area contributed by atoms with Crippen LogP contribution in [0.15, 0.2) is 23.1 Å². The molecule has 7 nitrogen and oxygen atoms in total. The molecule has 0 aliphatic carbocycles. The van der Waals surface area contributed by atoms with E-state index in [9.17, 15) is 18.0 Å². The fraction of sp³-hybridized carbons (Fsp3) is 0.556. The number of nitrogens with zero attached hydrogens (tertiary/aromatic N) is 2. The number of benzene rings is 1. The molecular formula is C18H25ClN2O5S. The summed E-state index contributed by atoms with van der Waals surface area (Å²) in [6.07, 6.45) is 1.07. The average molecular weight is 417 g/mol. The molecule has 0 spiro atoms. The molecule has 9 heteroatoms. The zero-order valence-electron chi connectivity index (χ0n) is 15.9. The Morgan fingerprint density at radius 3 is 2.37 bits per heavy atom. The van der Waals surface area contributed by atoms with Gasteiger partial charge in [0.1, 0.15) is 4.90 Å². The first-order chi connectivity index (χ1) is 12.5. The Kier molecular flexibility index (Phi) is 6.88. The number of rotatable bonds is 5. The molecule has 1 heterocycles. The molecule has 1 aliphatic rings. The van der Waals surface area contributed by atoms with Crippen molar-refractivity contribution in [2.45, 2.75) is 25.2 Å². The number of ether oxygens (including phenoxy) is 1. The maximum absolute atomic E-state index is 12.3. The normalized spacial score (nSPS) is 20.6. The van der Waals surface area contributed by atoms with Crippen LogP contribution in [0, 0.1) is 11.8 Å². The van der Waals surface area contributed by atoms with E-state index in [1.807, 2.05) is 0 Å². The molecule has 1 aromatic carbocycles. The third-order valence-corrected chi connectivity index (χ3v) is 6.77. The standard InChI is InChI=1S/C18H25ClN2O5S/c1-12-7-13(2)10-21(9-12)17(22)11-26-18(23)14-5-6-15(19)16(8-14)27(24,25)20(3)4/h5-6,8,12-13H,7,9-11H2,1-4H3/t12-,13-/m0/s1. The van der Waals surface area contributed by atoms with Crippen molar-refractivity contribution in [1.82, 2.24) is 9.21 Å². The minimum Gasteiger partial charge on any atom is -0.452 e. The molecule has 1 aromatic rings. The lowest BCUT2D eigenvalue weighted by Gasteiger charge is -2.34. The number of carbonyl (C=O) groups excluding carboxylic acids is 2. The van der Waals surface area contributed by atoms with Gasteiger partial charge >= 0.3 is 5.97 Å². The summed E-state index contributed by atoms with van der Waals surface area (Å²) in [5.41, 5.74) is 0.0213. The smallest absolute Gasteiger partial charge is 0.338 e. The van der Waals surface area contributed by atoms with Gasteiger partial charge in [-0.2, -0.15) is 0 Å². The topological polar surface area (TPSA) is 84.0 Å². The first-order valence-corrected chi connectivity index (χ1v) is 10.5. The highest BCUT2D eigenvalue weighted by Gasteiger charge is 2.27. The van der Waals surface area contributed by atoms with Gasteiger partial charge in [0, 0.05) is 27.2 Å². The van der Waals surface area contributed by atoms with Gasteiger partial charge in [-0.3, -0.25) is 4.79 Å². The molecule has 27 heavy (non-hydrogen) atoms. The number of amides is 1. The molecule has 150 valence electrons. The molecular weight excluding hydrogens is 392 g/mol. The summed E-state index contributed by atoms with van der Waals surface area (Å²) in [5, 5.41) is 0.00705. The number of piperidine rings is 1. The van der Waals surface area contributed by atoms with Gasteiger partial charge in [-0.1, -0.05) is 25.4 Å². The van der Waals surface area contributed by atoms with Crippen LogP contribution in [0.5, 0.6) is 0 Å². The molecule has 0 aromatic heterocycles. The van der Waals surface area contributed by atoms with Crippen molar-refractivity contribution in [2.75, 3.05) is 33.8 Å². The number of carbonyl (C=O) groups is 2.